The number of likely N-dealkylation sites (tertiary alicyclic amines) is 1. The third-order valence-electron chi connectivity index (χ3n) is 5.29. The van der Waals surface area contributed by atoms with Crippen LogP contribution in [-0.2, 0) is 11.2 Å². The van der Waals surface area contributed by atoms with Crippen LogP contribution < -0.4 is 9.47 Å². The van der Waals surface area contributed by atoms with Gasteiger partial charge < -0.3 is 14.4 Å². The summed E-state index contributed by atoms with van der Waals surface area (Å²) in [5.41, 5.74) is 3.37. The van der Waals surface area contributed by atoms with Gasteiger partial charge in [0.25, 0.3) is 0 Å². The molecule has 30 heavy (non-hydrogen) atoms. The van der Waals surface area contributed by atoms with Crippen LogP contribution in [0.2, 0.25) is 0 Å². The lowest BCUT2D eigenvalue weighted by Gasteiger charge is -2.32. The number of ether oxygens (including phenoxy) is 2. The molecule has 6 nitrogen and oxygen atoms in total. The van der Waals surface area contributed by atoms with Crippen LogP contribution in [0.4, 0.5) is 0 Å². The van der Waals surface area contributed by atoms with Crippen LogP contribution in [0.5, 0.6) is 11.9 Å². The average molecular weight is 403 g/mol. The molecule has 154 valence electrons. The summed E-state index contributed by atoms with van der Waals surface area (Å²) in [6, 6.07) is 20.5. The molecule has 0 radical (unpaired) electrons. The standard InChI is InChI=1S/C24H25N3O3/c1-29-24-25-14-11-22(26-24)30-21-12-15-27(16-13-21)23(28)17-18-7-9-20(10-8-18)19-5-3-2-4-6-19/h2-11,14,21H,12-13,15-17H2,1H3. The second-order valence-corrected chi connectivity index (χ2v) is 7.32. The summed E-state index contributed by atoms with van der Waals surface area (Å²) in [6.07, 6.45) is 3.64. The van der Waals surface area contributed by atoms with E-state index in [0.717, 1.165) is 24.0 Å². The van der Waals surface area contributed by atoms with Gasteiger partial charge in [-0.1, -0.05) is 54.6 Å². The summed E-state index contributed by atoms with van der Waals surface area (Å²) in [5, 5.41) is 0. The molecule has 0 saturated carbocycles. The molecule has 1 aromatic heterocycles. The number of benzene rings is 2. The van der Waals surface area contributed by atoms with Gasteiger partial charge in [0.1, 0.15) is 6.10 Å². The van der Waals surface area contributed by atoms with Crippen LogP contribution >= 0.6 is 0 Å². The summed E-state index contributed by atoms with van der Waals surface area (Å²) < 4.78 is 11.0. The van der Waals surface area contributed by atoms with Crippen molar-refractivity contribution in [3.05, 3.63) is 72.4 Å². The van der Waals surface area contributed by atoms with Gasteiger partial charge in [-0.05, 0) is 16.7 Å². The predicted molar refractivity (Wildman–Crippen MR) is 114 cm³/mol. The van der Waals surface area contributed by atoms with Gasteiger partial charge in [0.05, 0.1) is 13.5 Å². The molecule has 1 amide bonds. The van der Waals surface area contributed by atoms with Gasteiger partial charge in [-0.25, -0.2) is 4.98 Å². The second kappa shape index (κ2) is 9.39. The largest absolute Gasteiger partial charge is 0.474 e. The molecule has 2 heterocycles. The molecule has 0 aliphatic carbocycles. The van der Waals surface area contributed by atoms with Crippen molar-refractivity contribution in [3.63, 3.8) is 0 Å². The van der Waals surface area contributed by atoms with Crippen molar-refractivity contribution in [3.8, 4) is 23.0 Å². The smallest absolute Gasteiger partial charge is 0.319 e. The highest BCUT2D eigenvalue weighted by Crippen LogP contribution is 2.21. The van der Waals surface area contributed by atoms with E-state index in [1.54, 1.807) is 12.3 Å². The van der Waals surface area contributed by atoms with E-state index in [4.69, 9.17) is 9.47 Å². The van der Waals surface area contributed by atoms with E-state index in [-0.39, 0.29) is 12.0 Å². The van der Waals surface area contributed by atoms with E-state index in [1.807, 2.05) is 35.2 Å². The fourth-order valence-electron chi connectivity index (χ4n) is 3.62. The summed E-state index contributed by atoms with van der Waals surface area (Å²) in [5.74, 6) is 0.662. The molecule has 1 aliphatic heterocycles. The van der Waals surface area contributed by atoms with E-state index in [0.29, 0.717) is 31.4 Å². The van der Waals surface area contributed by atoms with Crippen molar-refractivity contribution in [1.82, 2.24) is 14.9 Å². The third kappa shape index (κ3) is 4.95. The van der Waals surface area contributed by atoms with E-state index < -0.39 is 0 Å². The summed E-state index contributed by atoms with van der Waals surface area (Å²) >= 11 is 0. The van der Waals surface area contributed by atoms with Crippen LogP contribution in [-0.4, -0.2) is 47.1 Å². The lowest BCUT2D eigenvalue weighted by atomic mass is 10.0. The second-order valence-electron chi connectivity index (χ2n) is 7.32. The highest BCUT2D eigenvalue weighted by atomic mass is 16.5. The zero-order valence-electron chi connectivity index (χ0n) is 17.0. The highest BCUT2D eigenvalue weighted by molar-refractivity contribution is 5.79. The fraction of sp³-hybridized carbons (Fsp3) is 0.292. The van der Waals surface area contributed by atoms with Crippen molar-refractivity contribution < 1.29 is 14.3 Å². The van der Waals surface area contributed by atoms with E-state index >= 15 is 0 Å². The van der Waals surface area contributed by atoms with Crippen LogP contribution in [0.1, 0.15) is 18.4 Å². The van der Waals surface area contributed by atoms with Crippen molar-refractivity contribution >= 4 is 5.91 Å². The van der Waals surface area contributed by atoms with Gasteiger partial charge in [-0.3, -0.25) is 4.79 Å². The number of hydrogen-bond donors (Lipinski definition) is 0. The van der Waals surface area contributed by atoms with Crippen LogP contribution in [0.25, 0.3) is 11.1 Å². The summed E-state index contributed by atoms with van der Waals surface area (Å²) in [4.78, 5) is 22.8. The predicted octanol–water partition coefficient (Wildman–Crippen LogP) is 3.76. The number of aromatic nitrogens is 2. The average Bonchev–Trinajstić information content (AvgIpc) is 2.81. The van der Waals surface area contributed by atoms with Crippen LogP contribution in [0, 0.1) is 0 Å². The lowest BCUT2D eigenvalue weighted by Crippen LogP contribution is -2.42. The molecule has 4 rings (SSSR count). The van der Waals surface area contributed by atoms with Gasteiger partial charge >= 0.3 is 6.01 Å². The minimum atomic E-state index is 0.0406. The zero-order valence-corrected chi connectivity index (χ0v) is 17.0. The van der Waals surface area contributed by atoms with E-state index in [1.165, 1.54) is 12.7 Å². The Hall–Kier alpha value is -3.41. The molecule has 0 spiro atoms. The quantitative estimate of drug-likeness (QED) is 0.627. The minimum Gasteiger partial charge on any atom is -0.474 e. The Labute approximate surface area is 176 Å². The Kier molecular flexibility index (Phi) is 6.23. The van der Waals surface area contributed by atoms with E-state index in [9.17, 15) is 4.79 Å². The summed E-state index contributed by atoms with van der Waals surface area (Å²) in [6.45, 7) is 1.38. The Balaban J connectivity index is 1.28. The monoisotopic (exact) mass is 403 g/mol. The molecule has 2 aromatic carbocycles. The number of carbonyl (C=O) groups excluding carboxylic acids is 1. The molecule has 1 fully saturated rings. The van der Waals surface area contributed by atoms with Gasteiger partial charge in [0.2, 0.25) is 11.8 Å². The Bertz CT molecular complexity index is 969. The fourth-order valence-corrected chi connectivity index (χ4v) is 3.62. The molecular weight excluding hydrogens is 378 g/mol. The Morgan fingerprint density at radius 2 is 1.70 bits per heavy atom. The SMILES string of the molecule is COc1nccc(OC2CCN(C(=O)Cc3ccc(-c4ccccc4)cc3)CC2)n1. The molecule has 0 unspecified atom stereocenters. The first-order chi connectivity index (χ1) is 14.7. The zero-order chi connectivity index (χ0) is 20.8. The number of piperidine rings is 1. The maximum atomic E-state index is 12.7. The normalized spacial score (nSPS) is 14.4. The summed E-state index contributed by atoms with van der Waals surface area (Å²) in [7, 11) is 1.53. The minimum absolute atomic E-state index is 0.0406. The van der Waals surface area contributed by atoms with Crippen molar-refractivity contribution in [2.45, 2.75) is 25.4 Å². The molecule has 0 atom stereocenters. The first-order valence-corrected chi connectivity index (χ1v) is 10.2. The molecular formula is C24H25N3O3. The van der Waals surface area contributed by atoms with Crippen LogP contribution in [0.15, 0.2) is 66.9 Å². The van der Waals surface area contributed by atoms with Crippen molar-refractivity contribution in [2.24, 2.45) is 0 Å². The maximum absolute atomic E-state index is 12.7. The van der Waals surface area contributed by atoms with Gasteiger partial charge in [-0.15, -0.1) is 0 Å². The molecule has 1 aliphatic rings. The molecule has 6 heteroatoms. The first kappa shape index (κ1) is 19.9. The Morgan fingerprint density at radius 3 is 2.40 bits per heavy atom. The lowest BCUT2D eigenvalue weighted by molar-refractivity contribution is -0.132. The van der Waals surface area contributed by atoms with Gasteiger partial charge in [-0.2, -0.15) is 4.98 Å². The van der Waals surface area contributed by atoms with Gasteiger partial charge in [0, 0.05) is 38.2 Å². The van der Waals surface area contributed by atoms with Crippen molar-refractivity contribution in [2.75, 3.05) is 20.2 Å². The molecule has 3 aromatic rings. The third-order valence-corrected chi connectivity index (χ3v) is 5.29. The van der Waals surface area contributed by atoms with Gasteiger partial charge in [0.15, 0.2) is 0 Å². The number of amides is 1. The molecule has 1 saturated heterocycles. The topological polar surface area (TPSA) is 64.6 Å². The first-order valence-electron chi connectivity index (χ1n) is 10.2. The number of rotatable bonds is 6. The van der Waals surface area contributed by atoms with E-state index in [2.05, 4.69) is 34.2 Å². The number of methoxy groups -OCH3 is 1. The van der Waals surface area contributed by atoms with Crippen molar-refractivity contribution in [1.29, 1.82) is 0 Å². The number of hydrogen-bond acceptors (Lipinski definition) is 5. The Morgan fingerprint density at radius 1 is 1.00 bits per heavy atom. The maximum Gasteiger partial charge on any atom is 0.319 e. The number of carbonyl (C=O) groups is 1. The molecule has 0 bridgehead atoms. The molecule has 0 N–H and O–H groups in total. The highest BCUT2D eigenvalue weighted by Gasteiger charge is 2.24. The number of nitrogens with zero attached hydrogens (tertiary/aromatic N) is 3. The van der Waals surface area contributed by atoms with Crippen LogP contribution in [0.3, 0.4) is 0 Å².